The lowest BCUT2D eigenvalue weighted by Crippen LogP contribution is -2.48. The minimum atomic E-state index is -0.0574. The molecule has 0 aromatic heterocycles. The number of hydrogen-bond acceptors (Lipinski definition) is 2. The van der Waals surface area contributed by atoms with Crippen LogP contribution < -0.4 is 32.8 Å². The Balaban J connectivity index is 1.73. The van der Waals surface area contributed by atoms with Gasteiger partial charge in [0.15, 0.2) is 11.5 Å². The smallest absolute Gasteiger partial charge is 0.150 e. The summed E-state index contributed by atoms with van der Waals surface area (Å²) in [6.45, 7) is 0. The van der Waals surface area contributed by atoms with Gasteiger partial charge in [0.2, 0.25) is 0 Å². The highest BCUT2D eigenvalue weighted by Crippen LogP contribution is 2.44. The third-order valence-electron chi connectivity index (χ3n) is 9.94. The van der Waals surface area contributed by atoms with Gasteiger partial charge in [-0.05, 0) is 82.7 Å². The molecule has 44 heavy (non-hydrogen) atoms. The maximum absolute atomic E-state index is 11.3. The van der Waals surface area contributed by atoms with Crippen LogP contribution >= 0.6 is 0 Å². The second-order valence-electron chi connectivity index (χ2n) is 12.2. The van der Waals surface area contributed by atoms with E-state index in [2.05, 4.69) is 122 Å². The molecule has 0 heterocycles. The number of phenolic OH excluding ortho intramolecular Hbond substituents is 2. The van der Waals surface area contributed by atoms with Crippen LogP contribution in [-0.2, 0) is 0 Å². The normalized spacial score (nSPS) is 11.5. The summed E-state index contributed by atoms with van der Waals surface area (Å²) in [6, 6.07) is 34.3. The fraction of sp³-hybridized carbons (Fsp3) is 0. The molecular formula is C36H30B6O2. The first-order chi connectivity index (χ1) is 21.2. The zero-order valence-corrected chi connectivity index (χ0v) is 26.1. The Bertz CT molecular complexity index is 2230. The van der Waals surface area contributed by atoms with Crippen LogP contribution in [0.25, 0.3) is 65.7 Å². The van der Waals surface area contributed by atoms with E-state index in [1.807, 2.05) is 21.8 Å². The molecule has 0 fully saturated rings. The molecule has 0 aliphatic carbocycles. The highest BCUT2D eigenvalue weighted by atomic mass is 16.3. The molecule has 0 amide bonds. The first-order valence-corrected chi connectivity index (χ1v) is 15.3. The van der Waals surface area contributed by atoms with Gasteiger partial charge in [0, 0.05) is 0 Å². The molecule has 0 saturated carbocycles. The summed E-state index contributed by atoms with van der Waals surface area (Å²) in [5.74, 6) is -0.113. The van der Waals surface area contributed by atoms with Gasteiger partial charge in [0.05, 0.1) is 0 Å². The molecule has 0 aliphatic heterocycles. The lowest BCUT2D eigenvalue weighted by molar-refractivity contribution is 0.410. The van der Waals surface area contributed by atoms with Crippen LogP contribution in [-0.4, -0.2) is 57.3 Å². The minimum absolute atomic E-state index is 0.0554. The summed E-state index contributed by atoms with van der Waals surface area (Å²) in [5.41, 5.74) is 13.1. The highest BCUT2D eigenvalue weighted by Gasteiger charge is 2.26. The van der Waals surface area contributed by atoms with E-state index < -0.39 is 0 Å². The lowest BCUT2D eigenvalue weighted by atomic mass is 9.61. The molecule has 7 rings (SSSR count). The molecule has 0 aliphatic rings. The quantitative estimate of drug-likeness (QED) is 0.168. The lowest BCUT2D eigenvalue weighted by Gasteiger charge is -2.27. The van der Waals surface area contributed by atoms with Gasteiger partial charge < -0.3 is 10.2 Å². The van der Waals surface area contributed by atoms with E-state index in [-0.39, 0.29) is 11.5 Å². The van der Waals surface area contributed by atoms with Crippen LogP contribution in [0.1, 0.15) is 0 Å². The van der Waals surface area contributed by atoms with Crippen molar-refractivity contribution < 1.29 is 10.2 Å². The van der Waals surface area contributed by atoms with E-state index in [0.717, 1.165) is 38.6 Å². The minimum Gasteiger partial charge on any atom is -0.505 e. The van der Waals surface area contributed by atoms with Crippen molar-refractivity contribution >= 4 is 112 Å². The summed E-state index contributed by atoms with van der Waals surface area (Å²) in [7, 11) is 12.7. The maximum Gasteiger partial charge on any atom is 0.150 e. The Morgan fingerprint density at radius 1 is 0.386 bits per heavy atom. The zero-order valence-electron chi connectivity index (χ0n) is 26.1. The van der Waals surface area contributed by atoms with Crippen molar-refractivity contribution in [3.8, 4) is 44.9 Å². The summed E-state index contributed by atoms with van der Waals surface area (Å²) in [5, 5.41) is 29.3. The maximum atomic E-state index is 11.3. The second-order valence-corrected chi connectivity index (χ2v) is 12.2. The number of benzene rings is 7. The largest absolute Gasteiger partial charge is 0.505 e. The molecule has 0 bridgehead atoms. The molecule has 7 aromatic rings. The third-order valence-corrected chi connectivity index (χ3v) is 9.94. The van der Waals surface area contributed by atoms with E-state index in [4.69, 9.17) is 0 Å². The molecule has 8 heteroatoms. The summed E-state index contributed by atoms with van der Waals surface area (Å²) in [4.78, 5) is 0. The first kappa shape index (κ1) is 28.1. The predicted molar refractivity (Wildman–Crippen MR) is 208 cm³/mol. The fourth-order valence-electron chi connectivity index (χ4n) is 7.28. The van der Waals surface area contributed by atoms with Crippen molar-refractivity contribution in [3.05, 3.63) is 97.1 Å². The van der Waals surface area contributed by atoms with Crippen LogP contribution in [0, 0.1) is 0 Å². The third kappa shape index (κ3) is 4.04. The molecule has 0 radical (unpaired) electrons. The second kappa shape index (κ2) is 10.5. The molecule has 0 spiro atoms. The Labute approximate surface area is 263 Å². The number of hydrogen-bond donors (Lipinski definition) is 2. The fourth-order valence-corrected chi connectivity index (χ4v) is 7.28. The SMILES string of the molecule is Bc1c(B)c(B)c2c(-c3cccc(-c4cccc5ccccc45)c3)c3c(B)c(O)c(O)c(B)c3c(-c3ccccc3)c2c1B. The van der Waals surface area contributed by atoms with Crippen LogP contribution in [0.4, 0.5) is 0 Å². The number of aromatic hydroxyl groups is 2. The van der Waals surface area contributed by atoms with E-state index in [9.17, 15) is 10.2 Å². The first-order valence-electron chi connectivity index (χ1n) is 15.3. The van der Waals surface area contributed by atoms with Crippen LogP contribution in [0.5, 0.6) is 11.5 Å². The Kier molecular flexibility index (Phi) is 6.70. The van der Waals surface area contributed by atoms with Gasteiger partial charge in [0.25, 0.3) is 0 Å². The van der Waals surface area contributed by atoms with Crippen molar-refractivity contribution in [2.75, 3.05) is 0 Å². The van der Waals surface area contributed by atoms with Gasteiger partial charge >= 0.3 is 0 Å². The van der Waals surface area contributed by atoms with Crippen LogP contribution in [0.3, 0.4) is 0 Å². The summed E-state index contributed by atoms with van der Waals surface area (Å²) < 4.78 is 0. The van der Waals surface area contributed by atoms with E-state index in [1.165, 1.54) is 49.0 Å². The molecule has 2 N–H and O–H groups in total. The molecule has 0 unspecified atom stereocenters. The van der Waals surface area contributed by atoms with Crippen molar-refractivity contribution in [2.45, 2.75) is 0 Å². The van der Waals surface area contributed by atoms with Gasteiger partial charge in [-0.25, -0.2) is 0 Å². The molecule has 2 nitrogen and oxygen atoms in total. The average molecular weight is 560 g/mol. The highest BCUT2D eigenvalue weighted by molar-refractivity contribution is 6.68. The Hall–Kier alpha value is -4.69. The van der Waals surface area contributed by atoms with Gasteiger partial charge in [0.1, 0.15) is 47.1 Å². The van der Waals surface area contributed by atoms with Crippen LogP contribution in [0.15, 0.2) is 97.1 Å². The molecule has 0 atom stereocenters. The molecule has 204 valence electrons. The van der Waals surface area contributed by atoms with Crippen molar-refractivity contribution in [2.24, 2.45) is 0 Å². The number of phenols is 2. The van der Waals surface area contributed by atoms with Crippen molar-refractivity contribution in [3.63, 3.8) is 0 Å². The predicted octanol–water partition coefficient (Wildman–Crippen LogP) is -0.891. The molecule has 0 saturated heterocycles. The standard InChI is InChI=1S/C36H30B6O2/c37-29-25-23(18-9-2-1-3-10-18)27-28(32(40)36(44)35(43)31(27)39)24(26(25)30(38)34(42)33(29)41)20-13-6-12-19(16-20)22-15-7-11-17-8-4-5-14-21(17)22/h1-16,43-44H,37-42H2. The monoisotopic (exact) mass is 560 g/mol. The van der Waals surface area contributed by atoms with E-state index in [1.54, 1.807) is 0 Å². The van der Waals surface area contributed by atoms with Crippen molar-refractivity contribution in [1.82, 2.24) is 0 Å². The summed E-state index contributed by atoms with van der Waals surface area (Å²) in [6.07, 6.45) is 0. The van der Waals surface area contributed by atoms with Crippen molar-refractivity contribution in [1.29, 1.82) is 0 Å². The Morgan fingerprint density at radius 2 is 0.841 bits per heavy atom. The van der Waals surface area contributed by atoms with Gasteiger partial charge in [-0.15, -0.1) is 10.9 Å². The van der Waals surface area contributed by atoms with E-state index >= 15 is 0 Å². The number of fused-ring (bicyclic) bond motifs is 3. The molecule has 7 aromatic carbocycles. The number of rotatable bonds is 3. The van der Waals surface area contributed by atoms with Gasteiger partial charge in [-0.1, -0.05) is 102 Å². The van der Waals surface area contributed by atoms with E-state index in [0.29, 0.717) is 10.9 Å². The Morgan fingerprint density at radius 3 is 1.48 bits per heavy atom. The van der Waals surface area contributed by atoms with Gasteiger partial charge in [-0.3, -0.25) is 0 Å². The molecular weight excluding hydrogens is 529 g/mol. The van der Waals surface area contributed by atoms with Crippen LogP contribution in [0.2, 0.25) is 0 Å². The average Bonchev–Trinajstić information content (AvgIpc) is 3.06. The topological polar surface area (TPSA) is 40.5 Å². The zero-order chi connectivity index (χ0) is 30.9. The summed E-state index contributed by atoms with van der Waals surface area (Å²) >= 11 is 0. The van der Waals surface area contributed by atoms with Gasteiger partial charge in [-0.2, -0.15) is 0 Å².